The normalized spacial score (nSPS) is 21.9. The third-order valence-electron chi connectivity index (χ3n) is 4.98. The Morgan fingerprint density at radius 2 is 2.00 bits per heavy atom. The summed E-state index contributed by atoms with van der Waals surface area (Å²) in [6, 6.07) is 7.55. The number of benzene rings is 1. The molecule has 3 N–H and O–H groups in total. The molecule has 0 bridgehead atoms. The lowest BCUT2D eigenvalue weighted by Gasteiger charge is -2.39. The lowest BCUT2D eigenvalue weighted by Crippen LogP contribution is -2.46. The number of aromatic nitrogens is 2. The van der Waals surface area contributed by atoms with Crippen LogP contribution in [-0.4, -0.2) is 26.8 Å². The minimum absolute atomic E-state index is 0.341. The van der Waals surface area contributed by atoms with Gasteiger partial charge in [0.25, 0.3) is 0 Å². The summed E-state index contributed by atoms with van der Waals surface area (Å²) in [6.07, 6.45) is 4.28. The van der Waals surface area contributed by atoms with Crippen LogP contribution in [-0.2, 0) is 22.8 Å². The summed E-state index contributed by atoms with van der Waals surface area (Å²) >= 11 is 0. The molecule has 0 saturated carbocycles. The molecule has 0 spiro atoms. The Labute approximate surface area is 142 Å². The van der Waals surface area contributed by atoms with Gasteiger partial charge in [0.15, 0.2) is 0 Å². The molecule has 1 aromatic carbocycles. The van der Waals surface area contributed by atoms with E-state index in [1.165, 1.54) is 12.0 Å². The Kier molecular flexibility index (Phi) is 3.58. The molecule has 1 fully saturated rings. The second kappa shape index (κ2) is 5.53. The first-order chi connectivity index (χ1) is 11.4. The van der Waals surface area contributed by atoms with E-state index in [9.17, 15) is 4.21 Å². The molecule has 126 valence electrons. The lowest BCUT2D eigenvalue weighted by molar-refractivity contribution is 0.470. The molecule has 1 unspecified atom stereocenters. The highest BCUT2D eigenvalue weighted by atomic mass is 32.2. The summed E-state index contributed by atoms with van der Waals surface area (Å²) in [5.41, 5.74) is 4.31. The van der Waals surface area contributed by atoms with Crippen LogP contribution in [0.25, 0.3) is 11.3 Å². The van der Waals surface area contributed by atoms with E-state index in [2.05, 4.69) is 11.8 Å². The third kappa shape index (κ3) is 2.57. The van der Waals surface area contributed by atoms with Crippen LogP contribution in [0.4, 0.5) is 5.95 Å². The van der Waals surface area contributed by atoms with E-state index in [0.717, 1.165) is 48.7 Å². The van der Waals surface area contributed by atoms with Crippen LogP contribution in [0.3, 0.4) is 0 Å². The molecule has 4 rings (SSSR count). The molecule has 2 heterocycles. The summed E-state index contributed by atoms with van der Waals surface area (Å²) in [5.74, 6) is 0.816. The topological polar surface area (TPSA) is 96.0 Å². The Morgan fingerprint density at radius 1 is 1.25 bits per heavy atom. The van der Waals surface area contributed by atoms with Gasteiger partial charge in [-0.05, 0) is 44.7 Å². The Morgan fingerprint density at radius 3 is 2.58 bits per heavy atom. The molecular weight excluding hydrogens is 322 g/mol. The second-order valence-corrected chi connectivity index (χ2v) is 8.28. The first kappa shape index (κ1) is 15.5. The predicted molar refractivity (Wildman–Crippen MR) is 94.2 cm³/mol. The number of aryl methyl sites for hydroxylation is 1. The van der Waals surface area contributed by atoms with Crippen molar-refractivity contribution < 1.29 is 4.21 Å². The summed E-state index contributed by atoms with van der Waals surface area (Å²) < 4.78 is 19.2. The van der Waals surface area contributed by atoms with Crippen LogP contribution >= 0.6 is 0 Å². The number of nitrogens with one attached hydrogen (secondary N) is 1. The summed E-state index contributed by atoms with van der Waals surface area (Å²) in [5, 5.41) is 5.40. The molecule has 2 aliphatic rings. The van der Waals surface area contributed by atoms with Crippen LogP contribution in [0, 0.1) is 4.78 Å². The van der Waals surface area contributed by atoms with Gasteiger partial charge in [0, 0.05) is 29.4 Å². The highest BCUT2D eigenvalue weighted by molar-refractivity contribution is 7.90. The van der Waals surface area contributed by atoms with E-state index in [4.69, 9.17) is 19.9 Å². The van der Waals surface area contributed by atoms with E-state index in [1.54, 1.807) is 12.1 Å². The van der Waals surface area contributed by atoms with E-state index in [-0.39, 0.29) is 0 Å². The van der Waals surface area contributed by atoms with Crippen molar-refractivity contribution in [1.82, 2.24) is 9.97 Å². The fourth-order valence-electron chi connectivity index (χ4n) is 3.42. The number of hydrogen-bond acceptors (Lipinski definition) is 5. The van der Waals surface area contributed by atoms with Crippen LogP contribution in [0.15, 0.2) is 29.2 Å². The van der Waals surface area contributed by atoms with Gasteiger partial charge in [-0.1, -0.05) is 12.1 Å². The van der Waals surface area contributed by atoms with Crippen LogP contribution in [0.5, 0.6) is 0 Å². The average molecular weight is 343 g/mol. The zero-order valence-corrected chi connectivity index (χ0v) is 14.5. The number of rotatable bonds is 3. The van der Waals surface area contributed by atoms with Gasteiger partial charge in [-0.2, -0.15) is 0 Å². The maximum absolute atomic E-state index is 11.7. The molecule has 1 aliphatic heterocycles. The van der Waals surface area contributed by atoms with Crippen molar-refractivity contribution in [2.45, 2.75) is 43.5 Å². The highest BCUT2D eigenvalue weighted by Crippen LogP contribution is 2.34. The van der Waals surface area contributed by atoms with Crippen molar-refractivity contribution in [2.75, 3.05) is 11.4 Å². The monoisotopic (exact) mass is 343 g/mol. The molecule has 1 aliphatic carbocycles. The number of nitrogens with two attached hydrogens (primary N) is 1. The van der Waals surface area contributed by atoms with Crippen molar-refractivity contribution in [3.63, 3.8) is 0 Å². The first-order valence-corrected chi connectivity index (χ1v) is 9.89. The van der Waals surface area contributed by atoms with Gasteiger partial charge < -0.3 is 4.90 Å². The van der Waals surface area contributed by atoms with E-state index >= 15 is 0 Å². The quantitative estimate of drug-likeness (QED) is 0.895. The Hall–Kier alpha value is -1.99. The molecule has 2 aromatic rings. The average Bonchev–Trinajstić information content (AvgIpc) is 3.00. The van der Waals surface area contributed by atoms with E-state index in [1.807, 2.05) is 12.1 Å². The summed E-state index contributed by atoms with van der Waals surface area (Å²) in [7, 11) is -3.18. The van der Waals surface area contributed by atoms with Gasteiger partial charge in [0.05, 0.1) is 10.6 Å². The van der Waals surface area contributed by atoms with Gasteiger partial charge in [0.2, 0.25) is 5.95 Å². The Bertz CT molecular complexity index is 892. The zero-order chi connectivity index (χ0) is 16.9. The van der Waals surface area contributed by atoms with Crippen molar-refractivity contribution >= 4 is 15.9 Å². The largest absolute Gasteiger partial charge is 0.338 e. The molecule has 0 radical (unpaired) electrons. The molecular formula is C17H21N5OS. The van der Waals surface area contributed by atoms with Crippen molar-refractivity contribution in [3.05, 3.63) is 35.5 Å². The fraction of sp³-hybridized carbons (Fsp3) is 0.412. The lowest BCUT2D eigenvalue weighted by atomic mass is 10.0. The fourth-order valence-corrected chi connectivity index (χ4v) is 3.96. The standard InChI is InChI=1S/C17H21N5OS/c1-11-9-10-22(11)17-20-15-4-2-3-14(15)16(21-17)12-5-7-13(8-6-12)24(18,19)23/h5-8,11H,2-4,9-10H2,1H3,(H3,18,19,23)/t11-/m0/s1. The number of anilines is 1. The minimum Gasteiger partial charge on any atom is -0.338 e. The minimum atomic E-state index is -3.18. The third-order valence-corrected chi connectivity index (χ3v) is 5.95. The van der Waals surface area contributed by atoms with Crippen molar-refractivity contribution in [2.24, 2.45) is 5.14 Å². The molecule has 1 saturated heterocycles. The van der Waals surface area contributed by atoms with Gasteiger partial charge in [-0.25, -0.2) is 24.1 Å². The van der Waals surface area contributed by atoms with Crippen molar-refractivity contribution in [1.29, 1.82) is 4.78 Å². The smallest absolute Gasteiger partial charge is 0.226 e. The first-order valence-electron chi connectivity index (χ1n) is 8.27. The molecule has 0 amide bonds. The molecule has 2 atom stereocenters. The van der Waals surface area contributed by atoms with Gasteiger partial charge >= 0.3 is 0 Å². The molecule has 7 heteroatoms. The maximum atomic E-state index is 11.7. The zero-order valence-electron chi connectivity index (χ0n) is 13.7. The number of nitrogens with zero attached hydrogens (tertiary/aromatic N) is 3. The van der Waals surface area contributed by atoms with E-state index < -0.39 is 9.92 Å². The second-order valence-electron chi connectivity index (χ2n) is 6.61. The van der Waals surface area contributed by atoms with Crippen LogP contribution in [0.2, 0.25) is 0 Å². The summed E-state index contributed by atoms with van der Waals surface area (Å²) in [4.78, 5) is 12.2. The predicted octanol–water partition coefficient (Wildman–Crippen LogP) is 2.51. The molecule has 6 nitrogen and oxygen atoms in total. The highest BCUT2D eigenvalue weighted by Gasteiger charge is 2.29. The van der Waals surface area contributed by atoms with Crippen LogP contribution < -0.4 is 10.0 Å². The Balaban J connectivity index is 1.79. The SMILES string of the molecule is C[C@H]1CCN1c1nc2c(c(-c3ccc(S(=N)(N)=O)cc3)n1)CCC2. The number of fused-ring (bicyclic) bond motifs is 1. The van der Waals surface area contributed by atoms with Gasteiger partial charge in [-0.3, -0.25) is 0 Å². The number of hydrogen-bond donors (Lipinski definition) is 2. The van der Waals surface area contributed by atoms with Gasteiger partial charge in [-0.15, -0.1) is 0 Å². The van der Waals surface area contributed by atoms with Gasteiger partial charge in [0.1, 0.15) is 9.92 Å². The molecule has 24 heavy (non-hydrogen) atoms. The maximum Gasteiger partial charge on any atom is 0.226 e. The van der Waals surface area contributed by atoms with Crippen LogP contribution in [0.1, 0.15) is 31.0 Å². The van der Waals surface area contributed by atoms with Crippen molar-refractivity contribution in [3.8, 4) is 11.3 Å². The van der Waals surface area contributed by atoms with E-state index in [0.29, 0.717) is 10.9 Å². The molecule has 1 aromatic heterocycles. The summed E-state index contributed by atoms with van der Waals surface area (Å²) in [6.45, 7) is 3.20.